The fourth-order valence-corrected chi connectivity index (χ4v) is 7.05. The first-order valence-electron chi connectivity index (χ1n) is 11.3. The van der Waals surface area contributed by atoms with E-state index in [-0.39, 0.29) is 17.4 Å². The van der Waals surface area contributed by atoms with Crippen LogP contribution < -0.4 is 5.32 Å². The summed E-state index contributed by atoms with van der Waals surface area (Å²) in [6.07, 6.45) is 9.87. The molecule has 1 aromatic rings. The van der Waals surface area contributed by atoms with Crippen LogP contribution in [0.1, 0.15) is 56.9 Å². The molecule has 1 saturated heterocycles. The largest absolute Gasteiger partial charge is 0.354 e. The summed E-state index contributed by atoms with van der Waals surface area (Å²) in [5.74, 6) is 2.64. The molecule has 1 aromatic carbocycles. The fraction of sp³-hybridized carbons (Fsp3) is 0.667. The molecule has 5 fully saturated rings. The quantitative estimate of drug-likeness (QED) is 0.849. The van der Waals surface area contributed by atoms with Crippen molar-refractivity contribution in [1.82, 2.24) is 10.2 Å². The van der Waals surface area contributed by atoms with Gasteiger partial charge in [0.15, 0.2) is 0 Å². The zero-order valence-corrected chi connectivity index (χ0v) is 16.7. The van der Waals surface area contributed by atoms with Crippen LogP contribution in [0.3, 0.4) is 0 Å². The summed E-state index contributed by atoms with van der Waals surface area (Å²) >= 11 is 0. The van der Waals surface area contributed by atoms with E-state index in [1.165, 1.54) is 24.8 Å². The second-order valence-electron chi connectivity index (χ2n) is 9.88. The number of likely N-dealkylation sites (tertiary alicyclic amines) is 1. The smallest absolute Gasteiger partial charge is 0.242 e. The number of carbonyl (C=O) groups is 2. The van der Waals surface area contributed by atoms with Gasteiger partial charge in [0.1, 0.15) is 6.04 Å². The molecule has 4 bridgehead atoms. The van der Waals surface area contributed by atoms with Gasteiger partial charge in [-0.3, -0.25) is 9.59 Å². The van der Waals surface area contributed by atoms with Crippen LogP contribution in [0, 0.1) is 23.2 Å². The van der Waals surface area contributed by atoms with Crippen LogP contribution in [-0.4, -0.2) is 35.8 Å². The van der Waals surface area contributed by atoms with Crippen molar-refractivity contribution >= 4 is 11.8 Å². The Labute approximate surface area is 168 Å². The van der Waals surface area contributed by atoms with Gasteiger partial charge in [0.25, 0.3) is 0 Å². The Morgan fingerprint density at radius 3 is 2.29 bits per heavy atom. The number of hydrogen-bond acceptors (Lipinski definition) is 2. The van der Waals surface area contributed by atoms with E-state index in [4.69, 9.17) is 0 Å². The standard InChI is InChI=1S/C24H32N2O2/c27-22(25-9-8-17-5-2-1-3-6-17)21-7-4-10-26(21)23(28)24-14-18-11-19(15-24)13-20(12-18)16-24/h1-3,5-6,18-21H,4,7-16H2,(H,25,27). The van der Waals surface area contributed by atoms with Gasteiger partial charge in [0, 0.05) is 13.1 Å². The summed E-state index contributed by atoms with van der Waals surface area (Å²) in [5, 5.41) is 3.10. The molecule has 0 aromatic heterocycles. The Balaban J connectivity index is 1.22. The molecule has 1 atom stereocenters. The maximum Gasteiger partial charge on any atom is 0.242 e. The summed E-state index contributed by atoms with van der Waals surface area (Å²) < 4.78 is 0. The highest BCUT2D eigenvalue weighted by molar-refractivity contribution is 5.91. The van der Waals surface area contributed by atoms with Crippen LogP contribution >= 0.6 is 0 Å². The predicted octanol–water partition coefficient (Wildman–Crippen LogP) is 3.55. The van der Waals surface area contributed by atoms with Crippen LogP contribution in [0.15, 0.2) is 30.3 Å². The van der Waals surface area contributed by atoms with Gasteiger partial charge in [0.05, 0.1) is 5.41 Å². The van der Waals surface area contributed by atoms with Crippen molar-refractivity contribution in [2.45, 2.75) is 63.8 Å². The highest BCUT2D eigenvalue weighted by Crippen LogP contribution is 2.60. The van der Waals surface area contributed by atoms with E-state index in [0.29, 0.717) is 12.5 Å². The molecule has 1 aliphatic heterocycles. The molecule has 28 heavy (non-hydrogen) atoms. The fourth-order valence-electron chi connectivity index (χ4n) is 7.05. The summed E-state index contributed by atoms with van der Waals surface area (Å²) in [6.45, 7) is 1.40. The second-order valence-corrected chi connectivity index (χ2v) is 9.88. The van der Waals surface area contributed by atoms with Gasteiger partial charge in [-0.2, -0.15) is 0 Å². The maximum atomic E-state index is 13.7. The lowest BCUT2D eigenvalue weighted by Gasteiger charge is -2.56. The number of carbonyl (C=O) groups excluding carboxylic acids is 2. The van der Waals surface area contributed by atoms with Gasteiger partial charge in [-0.25, -0.2) is 0 Å². The van der Waals surface area contributed by atoms with E-state index in [9.17, 15) is 9.59 Å². The Bertz CT molecular complexity index is 709. The zero-order chi connectivity index (χ0) is 19.1. The third-order valence-electron chi connectivity index (χ3n) is 7.86. The molecule has 5 aliphatic rings. The Morgan fingerprint density at radius 2 is 1.64 bits per heavy atom. The first kappa shape index (κ1) is 18.2. The lowest BCUT2D eigenvalue weighted by molar-refractivity contribution is -0.160. The van der Waals surface area contributed by atoms with Crippen LogP contribution in [-0.2, 0) is 16.0 Å². The van der Waals surface area contributed by atoms with Crippen LogP contribution in [0.4, 0.5) is 0 Å². The molecule has 1 N–H and O–H groups in total. The second kappa shape index (κ2) is 7.20. The SMILES string of the molecule is O=C(NCCc1ccccc1)C1CCCN1C(=O)C12CC3CC(CC(C3)C1)C2. The summed E-state index contributed by atoms with van der Waals surface area (Å²) in [5.41, 5.74) is 1.09. The van der Waals surface area contributed by atoms with Gasteiger partial charge >= 0.3 is 0 Å². The van der Waals surface area contributed by atoms with Crippen LogP contribution in [0.25, 0.3) is 0 Å². The topological polar surface area (TPSA) is 49.4 Å². The van der Waals surface area contributed by atoms with Crippen molar-refractivity contribution in [3.05, 3.63) is 35.9 Å². The third-order valence-corrected chi connectivity index (χ3v) is 7.86. The molecule has 6 rings (SSSR count). The Morgan fingerprint density at radius 1 is 1.00 bits per heavy atom. The van der Waals surface area contributed by atoms with Crippen LogP contribution in [0.2, 0.25) is 0 Å². The number of rotatable bonds is 5. The molecular formula is C24H32N2O2. The highest BCUT2D eigenvalue weighted by Gasteiger charge is 2.56. The molecule has 150 valence electrons. The Hall–Kier alpha value is -1.84. The summed E-state index contributed by atoms with van der Waals surface area (Å²) in [7, 11) is 0. The molecule has 1 unspecified atom stereocenters. The van der Waals surface area contributed by atoms with E-state index in [0.717, 1.165) is 62.8 Å². The van der Waals surface area contributed by atoms with Gasteiger partial charge in [-0.05, 0) is 81.1 Å². The third kappa shape index (κ3) is 3.25. The van der Waals surface area contributed by atoms with Crippen molar-refractivity contribution < 1.29 is 9.59 Å². The normalized spacial score (nSPS) is 35.9. The molecule has 2 amide bonds. The monoisotopic (exact) mass is 380 g/mol. The first-order valence-corrected chi connectivity index (χ1v) is 11.3. The summed E-state index contributed by atoms with van der Waals surface area (Å²) in [6, 6.07) is 9.99. The minimum atomic E-state index is -0.253. The Kier molecular flexibility index (Phi) is 4.68. The van der Waals surface area contributed by atoms with Crippen molar-refractivity contribution in [1.29, 1.82) is 0 Å². The van der Waals surface area contributed by atoms with Crippen molar-refractivity contribution in [3.63, 3.8) is 0 Å². The van der Waals surface area contributed by atoms with E-state index in [1.54, 1.807) is 0 Å². The highest BCUT2D eigenvalue weighted by atomic mass is 16.2. The molecule has 4 aliphatic carbocycles. The maximum absolute atomic E-state index is 13.7. The minimum absolute atomic E-state index is 0.0477. The van der Waals surface area contributed by atoms with Crippen molar-refractivity contribution in [2.24, 2.45) is 23.2 Å². The van der Waals surface area contributed by atoms with Crippen molar-refractivity contribution in [3.8, 4) is 0 Å². The minimum Gasteiger partial charge on any atom is -0.354 e. The average Bonchev–Trinajstić information content (AvgIpc) is 3.17. The lowest BCUT2D eigenvalue weighted by Crippen LogP contribution is -2.57. The zero-order valence-electron chi connectivity index (χ0n) is 16.7. The first-order chi connectivity index (χ1) is 13.6. The molecule has 0 spiro atoms. The molecular weight excluding hydrogens is 348 g/mol. The van der Waals surface area contributed by atoms with Gasteiger partial charge < -0.3 is 10.2 Å². The van der Waals surface area contributed by atoms with Crippen LogP contribution in [0.5, 0.6) is 0 Å². The number of amides is 2. The molecule has 1 heterocycles. The van der Waals surface area contributed by atoms with Gasteiger partial charge in [-0.1, -0.05) is 30.3 Å². The molecule has 0 radical (unpaired) electrons. The number of hydrogen-bond donors (Lipinski definition) is 1. The van der Waals surface area contributed by atoms with E-state index >= 15 is 0 Å². The predicted molar refractivity (Wildman–Crippen MR) is 108 cm³/mol. The van der Waals surface area contributed by atoms with Gasteiger partial charge in [0.2, 0.25) is 11.8 Å². The average molecular weight is 381 g/mol. The molecule has 4 saturated carbocycles. The van der Waals surface area contributed by atoms with E-state index < -0.39 is 0 Å². The van der Waals surface area contributed by atoms with Gasteiger partial charge in [-0.15, -0.1) is 0 Å². The summed E-state index contributed by atoms with van der Waals surface area (Å²) in [4.78, 5) is 28.5. The number of nitrogens with zero attached hydrogens (tertiary/aromatic N) is 1. The van der Waals surface area contributed by atoms with E-state index in [1.807, 2.05) is 23.1 Å². The number of benzene rings is 1. The molecule has 4 nitrogen and oxygen atoms in total. The number of nitrogens with one attached hydrogen (secondary N) is 1. The van der Waals surface area contributed by atoms with Crippen molar-refractivity contribution in [2.75, 3.05) is 13.1 Å². The molecule has 4 heteroatoms. The lowest BCUT2D eigenvalue weighted by atomic mass is 9.49. The van der Waals surface area contributed by atoms with E-state index in [2.05, 4.69) is 17.4 Å².